The summed E-state index contributed by atoms with van der Waals surface area (Å²) in [5.74, 6) is -0.254. The molecule has 5 nitrogen and oxygen atoms in total. The van der Waals surface area contributed by atoms with Crippen LogP contribution in [0.1, 0.15) is 40.0 Å². The standard InChI is InChI=1S/C12H24N2O3/c1-9(2)6-8-14-12(17)10(3)13-7-4-5-11(15)16/h9-10,13H,4-8H2,1-3H3,(H,14,17)(H,15,16). The fraction of sp³-hybridized carbons (Fsp3) is 0.833. The normalized spacial score (nSPS) is 12.5. The molecule has 0 bridgehead atoms. The molecule has 1 amide bonds. The predicted octanol–water partition coefficient (Wildman–Crippen LogP) is 0.992. The number of amides is 1. The van der Waals surface area contributed by atoms with E-state index in [9.17, 15) is 9.59 Å². The first-order valence-electron chi connectivity index (χ1n) is 6.16. The zero-order valence-corrected chi connectivity index (χ0v) is 11.0. The van der Waals surface area contributed by atoms with Crippen LogP contribution in [0.2, 0.25) is 0 Å². The second-order valence-corrected chi connectivity index (χ2v) is 4.65. The highest BCUT2D eigenvalue weighted by Gasteiger charge is 2.11. The summed E-state index contributed by atoms with van der Waals surface area (Å²) in [5, 5.41) is 14.3. The molecule has 0 aliphatic heterocycles. The van der Waals surface area contributed by atoms with Crippen molar-refractivity contribution in [3.63, 3.8) is 0 Å². The number of rotatable bonds is 9. The van der Waals surface area contributed by atoms with Crippen molar-refractivity contribution in [3.8, 4) is 0 Å². The van der Waals surface area contributed by atoms with Crippen LogP contribution < -0.4 is 10.6 Å². The van der Waals surface area contributed by atoms with Crippen LogP contribution in [0.25, 0.3) is 0 Å². The first-order chi connectivity index (χ1) is 7.93. The van der Waals surface area contributed by atoms with Crippen molar-refractivity contribution < 1.29 is 14.7 Å². The number of carboxylic acid groups (broad SMARTS) is 1. The molecular weight excluding hydrogens is 220 g/mol. The molecule has 0 saturated heterocycles. The third-order valence-electron chi connectivity index (χ3n) is 2.43. The zero-order valence-electron chi connectivity index (χ0n) is 11.0. The summed E-state index contributed by atoms with van der Waals surface area (Å²) in [7, 11) is 0. The van der Waals surface area contributed by atoms with Crippen LogP contribution in [-0.4, -0.2) is 36.1 Å². The van der Waals surface area contributed by atoms with Gasteiger partial charge >= 0.3 is 5.97 Å². The summed E-state index contributed by atoms with van der Waals surface area (Å²) in [6, 6.07) is -0.268. The summed E-state index contributed by atoms with van der Waals surface area (Å²) >= 11 is 0. The Labute approximate surface area is 103 Å². The summed E-state index contributed by atoms with van der Waals surface area (Å²) in [6.45, 7) is 7.24. The number of nitrogens with one attached hydrogen (secondary N) is 2. The highest BCUT2D eigenvalue weighted by molar-refractivity contribution is 5.81. The molecule has 1 unspecified atom stereocenters. The molecule has 0 saturated carbocycles. The summed E-state index contributed by atoms with van der Waals surface area (Å²) < 4.78 is 0. The van der Waals surface area contributed by atoms with Gasteiger partial charge in [0.15, 0.2) is 0 Å². The van der Waals surface area contributed by atoms with Crippen LogP contribution >= 0.6 is 0 Å². The first-order valence-corrected chi connectivity index (χ1v) is 6.16. The summed E-state index contributed by atoms with van der Waals surface area (Å²) in [4.78, 5) is 21.8. The molecule has 0 radical (unpaired) electrons. The van der Waals surface area contributed by atoms with E-state index in [2.05, 4.69) is 24.5 Å². The van der Waals surface area contributed by atoms with Gasteiger partial charge in [-0.1, -0.05) is 13.8 Å². The Hall–Kier alpha value is -1.10. The van der Waals surface area contributed by atoms with E-state index in [4.69, 9.17) is 5.11 Å². The average Bonchev–Trinajstić information content (AvgIpc) is 2.23. The van der Waals surface area contributed by atoms with Crippen molar-refractivity contribution in [1.29, 1.82) is 0 Å². The van der Waals surface area contributed by atoms with Crippen LogP contribution in [0.3, 0.4) is 0 Å². The molecule has 0 aliphatic carbocycles. The second-order valence-electron chi connectivity index (χ2n) is 4.65. The maximum atomic E-state index is 11.6. The van der Waals surface area contributed by atoms with Crippen LogP contribution in [-0.2, 0) is 9.59 Å². The molecule has 0 heterocycles. The number of carboxylic acids is 1. The molecule has 0 spiro atoms. The molecule has 17 heavy (non-hydrogen) atoms. The van der Waals surface area contributed by atoms with Gasteiger partial charge in [-0.15, -0.1) is 0 Å². The van der Waals surface area contributed by atoms with Crippen molar-refractivity contribution in [3.05, 3.63) is 0 Å². The lowest BCUT2D eigenvalue weighted by atomic mass is 10.1. The van der Waals surface area contributed by atoms with Crippen molar-refractivity contribution >= 4 is 11.9 Å². The minimum absolute atomic E-state index is 0.0269. The minimum Gasteiger partial charge on any atom is -0.481 e. The Kier molecular flexibility index (Phi) is 8.40. The van der Waals surface area contributed by atoms with Gasteiger partial charge in [0.1, 0.15) is 0 Å². The third kappa shape index (κ3) is 9.81. The molecule has 3 N–H and O–H groups in total. The van der Waals surface area contributed by atoms with Gasteiger partial charge in [-0.05, 0) is 32.2 Å². The fourth-order valence-electron chi connectivity index (χ4n) is 1.29. The van der Waals surface area contributed by atoms with Gasteiger partial charge in [-0.25, -0.2) is 0 Å². The van der Waals surface area contributed by atoms with Gasteiger partial charge in [0.05, 0.1) is 6.04 Å². The quantitative estimate of drug-likeness (QED) is 0.529. The molecule has 0 aromatic heterocycles. The van der Waals surface area contributed by atoms with Gasteiger partial charge in [0.2, 0.25) is 5.91 Å². The largest absolute Gasteiger partial charge is 0.481 e. The second kappa shape index (κ2) is 8.98. The van der Waals surface area contributed by atoms with Gasteiger partial charge in [0.25, 0.3) is 0 Å². The van der Waals surface area contributed by atoms with Crippen molar-refractivity contribution in [2.24, 2.45) is 5.92 Å². The maximum absolute atomic E-state index is 11.6. The number of hydrogen-bond acceptors (Lipinski definition) is 3. The fourth-order valence-corrected chi connectivity index (χ4v) is 1.29. The van der Waals surface area contributed by atoms with Crippen LogP contribution in [0.4, 0.5) is 0 Å². The molecule has 100 valence electrons. The summed E-state index contributed by atoms with van der Waals surface area (Å²) in [5.41, 5.74) is 0. The Morgan fingerprint density at radius 1 is 1.18 bits per heavy atom. The van der Waals surface area contributed by atoms with E-state index in [0.29, 0.717) is 25.4 Å². The van der Waals surface area contributed by atoms with Crippen LogP contribution in [0.15, 0.2) is 0 Å². The lowest BCUT2D eigenvalue weighted by Crippen LogP contribution is -2.43. The molecule has 1 atom stereocenters. The number of aliphatic carboxylic acids is 1. The van der Waals surface area contributed by atoms with E-state index in [0.717, 1.165) is 6.42 Å². The molecule has 0 aliphatic rings. The molecule has 0 rings (SSSR count). The predicted molar refractivity (Wildman–Crippen MR) is 66.8 cm³/mol. The maximum Gasteiger partial charge on any atom is 0.303 e. The van der Waals surface area contributed by atoms with Gasteiger partial charge in [-0.3, -0.25) is 9.59 Å². The number of carbonyl (C=O) groups excluding carboxylic acids is 1. The Bertz CT molecular complexity index is 242. The lowest BCUT2D eigenvalue weighted by molar-refractivity contribution is -0.137. The van der Waals surface area contributed by atoms with E-state index in [1.54, 1.807) is 6.92 Å². The number of hydrogen-bond donors (Lipinski definition) is 3. The average molecular weight is 244 g/mol. The van der Waals surface area contributed by atoms with Gasteiger partial charge in [0, 0.05) is 13.0 Å². The Morgan fingerprint density at radius 2 is 1.82 bits per heavy atom. The highest BCUT2D eigenvalue weighted by Crippen LogP contribution is 1.96. The first kappa shape index (κ1) is 15.9. The van der Waals surface area contributed by atoms with Gasteiger partial charge < -0.3 is 15.7 Å². The van der Waals surface area contributed by atoms with E-state index in [-0.39, 0.29) is 18.4 Å². The molecular formula is C12H24N2O3. The van der Waals surface area contributed by atoms with Crippen molar-refractivity contribution in [2.75, 3.05) is 13.1 Å². The van der Waals surface area contributed by atoms with E-state index in [1.165, 1.54) is 0 Å². The third-order valence-corrected chi connectivity index (χ3v) is 2.43. The molecule has 5 heteroatoms. The van der Waals surface area contributed by atoms with E-state index >= 15 is 0 Å². The van der Waals surface area contributed by atoms with Crippen molar-refractivity contribution in [2.45, 2.75) is 46.1 Å². The van der Waals surface area contributed by atoms with Crippen LogP contribution in [0, 0.1) is 5.92 Å². The van der Waals surface area contributed by atoms with Crippen LogP contribution in [0.5, 0.6) is 0 Å². The molecule has 0 aromatic carbocycles. The monoisotopic (exact) mass is 244 g/mol. The van der Waals surface area contributed by atoms with Crippen molar-refractivity contribution in [1.82, 2.24) is 10.6 Å². The summed E-state index contributed by atoms with van der Waals surface area (Å²) in [6.07, 6.45) is 1.64. The molecule has 0 fully saturated rings. The van der Waals surface area contributed by atoms with E-state index in [1.807, 2.05) is 0 Å². The Morgan fingerprint density at radius 3 is 2.35 bits per heavy atom. The number of carbonyl (C=O) groups is 2. The SMILES string of the molecule is CC(C)CCNC(=O)C(C)NCCCC(=O)O. The topological polar surface area (TPSA) is 78.4 Å². The lowest BCUT2D eigenvalue weighted by Gasteiger charge is -2.14. The Balaban J connectivity index is 3.57. The highest BCUT2D eigenvalue weighted by atomic mass is 16.4. The van der Waals surface area contributed by atoms with Gasteiger partial charge in [-0.2, -0.15) is 0 Å². The van der Waals surface area contributed by atoms with E-state index < -0.39 is 5.97 Å². The molecule has 0 aromatic rings. The minimum atomic E-state index is -0.805. The smallest absolute Gasteiger partial charge is 0.303 e. The zero-order chi connectivity index (χ0) is 13.3.